The zero-order chi connectivity index (χ0) is 11.9. The minimum atomic E-state index is -1.13. The number of carbonyl (C=O) groups excluding carboxylic acids is 1. The molecule has 2 atom stereocenters. The fourth-order valence-corrected chi connectivity index (χ4v) is 1.57. The van der Waals surface area contributed by atoms with Crippen molar-refractivity contribution >= 4 is 11.9 Å². The van der Waals surface area contributed by atoms with Gasteiger partial charge in [-0.1, -0.05) is 20.8 Å². The largest absolute Gasteiger partial charge is 0.480 e. The molecule has 1 aliphatic rings. The van der Waals surface area contributed by atoms with Gasteiger partial charge in [0.15, 0.2) is 0 Å². The van der Waals surface area contributed by atoms with Crippen molar-refractivity contribution in [3.05, 3.63) is 0 Å². The molecule has 15 heavy (non-hydrogen) atoms. The number of nitrogens with one attached hydrogen (secondary N) is 1. The topological polar surface area (TPSA) is 66.4 Å². The Hall–Kier alpha value is -1.06. The van der Waals surface area contributed by atoms with E-state index in [1.54, 1.807) is 13.8 Å². The summed E-state index contributed by atoms with van der Waals surface area (Å²) in [5, 5.41) is 11.6. The minimum Gasteiger partial charge on any atom is -0.480 e. The van der Waals surface area contributed by atoms with Gasteiger partial charge < -0.3 is 10.4 Å². The van der Waals surface area contributed by atoms with Crippen molar-refractivity contribution in [3.8, 4) is 0 Å². The predicted molar refractivity (Wildman–Crippen MR) is 56.4 cm³/mol. The molecule has 1 rings (SSSR count). The quantitative estimate of drug-likeness (QED) is 0.741. The monoisotopic (exact) mass is 213 g/mol. The summed E-state index contributed by atoms with van der Waals surface area (Å²) in [4.78, 5) is 22.7. The highest BCUT2D eigenvalue weighted by atomic mass is 16.4. The molecule has 4 nitrogen and oxygen atoms in total. The first-order valence-corrected chi connectivity index (χ1v) is 5.28. The predicted octanol–water partition coefficient (Wildman–Crippen LogP) is 1.40. The number of aliphatic carboxylic acids is 1. The molecule has 0 aromatic carbocycles. The number of hydrogen-bond acceptors (Lipinski definition) is 2. The molecule has 0 aliphatic heterocycles. The van der Waals surface area contributed by atoms with Crippen molar-refractivity contribution in [2.24, 2.45) is 11.3 Å². The molecule has 1 amide bonds. The van der Waals surface area contributed by atoms with Gasteiger partial charge in [0, 0.05) is 5.92 Å². The molecule has 2 N–H and O–H groups in total. The van der Waals surface area contributed by atoms with Gasteiger partial charge in [-0.25, -0.2) is 4.79 Å². The first-order chi connectivity index (χ1) is 6.73. The molecular formula is C11H19NO3. The van der Waals surface area contributed by atoms with E-state index in [1.807, 2.05) is 13.8 Å². The summed E-state index contributed by atoms with van der Waals surface area (Å²) < 4.78 is 0. The lowest BCUT2D eigenvalue weighted by Gasteiger charge is -2.24. The second-order valence-corrected chi connectivity index (χ2v) is 5.23. The molecular weight excluding hydrogens is 194 g/mol. The number of amides is 1. The highest BCUT2D eigenvalue weighted by molar-refractivity contribution is 5.89. The summed E-state index contributed by atoms with van der Waals surface area (Å²) in [7, 11) is 0. The van der Waals surface area contributed by atoms with Crippen LogP contribution in [-0.2, 0) is 9.59 Å². The summed E-state index contributed by atoms with van der Waals surface area (Å²) in [6.07, 6.45) is 1.24. The van der Waals surface area contributed by atoms with Gasteiger partial charge in [0.2, 0.25) is 5.91 Å². The lowest BCUT2D eigenvalue weighted by atomic mass is 9.98. The minimum absolute atomic E-state index is 0.0253. The Morgan fingerprint density at radius 1 is 1.53 bits per heavy atom. The van der Waals surface area contributed by atoms with Gasteiger partial charge in [0.25, 0.3) is 0 Å². The zero-order valence-electron chi connectivity index (χ0n) is 9.76. The van der Waals surface area contributed by atoms with Crippen LogP contribution in [0.25, 0.3) is 0 Å². The second-order valence-electron chi connectivity index (χ2n) is 5.23. The van der Waals surface area contributed by atoms with E-state index >= 15 is 0 Å². The summed E-state index contributed by atoms with van der Waals surface area (Å²) in [6, 6.07) is 0. The molecule has 0 aromatic rings. The SMILES string of the molecule is CCC(C)(NC(=O)C1CC1(C)C)C(=O)O. The fraction of sp³-hybridized carbons (Fsp3) is 0.818. The van der Waals surface area contributed by atoms with Crippen LogP contribution >= 0.6 is 0 Å². The molecule has 0 aromatic heterocycles. The second kappa shape index (κ2) is 3.51. The van der Waals surface area contributed by atoms with Gasteiger partial charge in [-0.3, -0.25) is 4.79 Å². The molecule has 86 valence electrons. The molecule has 0 radical (unpaired) electrons. The van der Waals surface area contributed by atoms with Crippen LogP contribution in [0, 0.1) is 11.3 Å². The van der Waals surface area contributed by atoms with E-state index in [4.69, 9.17) is 5.11 Å². The molecule has 0 heterocycles. The summed E-state index contributed by atoms with van der Waals surface area (Å²) in [5.74, 6) is -1.13. The van der Waals surface area contributed by atoms with Crippen LogP contribution in [0.4, 0.5) is 0 Å². The Bertz CT molecular complexity index is 298. The summed E-state index contributed by atoms with van der Waals surface area (Å²) >= 11 is 0. The van der Waals surface area contributed by atoms with Gasteiger partial charge in [0.05, 0.1) is 0 Å². The van der Waals surface area contributed by atoms with Crippen LogP contribution in [0.3, 0.4) is 0 Å². The van der Waals surface area contributed by atoms with Crippen LogP contribution in [0.1, 0.15) is 40.5 Å². The summed E-state index contributed by atoms with van der Waals surface area (Å²) in [6.45, 7) is 7.33. The van der Waals surface area contributed by atoms with Crippen molar-refractivity contribution < 1.29 is 14.7 Å². The van der Waals surface area contributed by atoms with E-state index in [2.05, 4.69) is 5.32 Å². The molecule has 1 saturated carbocycles. The van der Waals surface area contributed by atoms with Crippen molar-refractivity contribution in [3.63, 3.8) is 0 Å². The average Bonchev–Trinajstić information content (AvgIpc) is 2.74. The van der Waals surface area contributed by atoms with Crippen molar-refractivity contribution in [2.75, 3.05) is 0 Å². The van der Waals surface area contributed by atoms with E-state index in [1.165, 1.54) is 0 Å². The maximum atomic E-state index is 11.7. The molecule has 1 aliphatic carbocycles. The smallest absolute Gasteiger partial charge is 0.329 e. The third-order valence-electron chi connectivity index (χ3n) is 3.41. The maximum absolute atomic E-state index is 11.7. The maximum Gasteiger partial charge on any atom is 0.329 e. The fourth-order valence-electron chi connectivity index (χ4n) is 1.57. The molecule has 0 saturated heterocycles. The van der Waals surface area contributed by atoms with E-state index in [-0.39, 0.29) is 17.2 Å². The van der Waals surface area contributed by atoms with Crippen LogP contribution < -0.4 is 5.32 Å². The van der Waals surface area contributed by atoms with Gasteiger partial charge in [-0.05, 0) is 25.2 Å². The zero-order valence-corrected chi connectivity index (χ0v) is 9.76. The normalized spacial score (nSPS) is 26.5. The number of carboxylic acids is 1. The van der Waals surface area contributed by atoms with Gasteiger partial charge in [-0.2, -0.15) is 0 Å². The number of carbonyl (C=O) groups is 2. The number of hydrogen-bond donors (Lipinski definition) is 2. The lowest BCUT2D eigenvalue weighted by Crippen LogP contribution is -2.52. The molecule has 0 spiro atoms. The van der Waals surface area contributed by atoms with E-state index < -0.39 is 11.5 Å². The van der Waals surface area contributed by atoms with Gasteiger partial charge >= 0.3 is 5.97 Å². The Labute approximate surface area is 90.0 Å². The highest BCUT2D eigenvalue weighted by Gasteiger charge is 2.52. The lowest BCUT2D eigenvalue weighted by molar-refractivity contribution is -0.147. The Morgan fingerprint density at radius 3 is 2.27 bits per heavy atom. The van der Waals surface area contributed by atoms with Gasteiger partial charge in [0.1, 0.15) is 5.54 Å². The third-order valence-corrected chi connectivity index (χ3v) is 3.41. The van der Waals surface area contributed by atoms with Crippen LogP contribution in [-0.4, -0.2) is 22.5 Å². The highest BCUT2D eigenvalue weighted by Crippen LogP contribution is 2.51. The van der Waals surface area contributed by atoms with E-state index in [9.17, 15) is 9.59 Å². The molecule has 4 heteroatoms. The third kappa shape index (κ3) is 2.30. The summed E-state index contributed by atoms with van der Waals surface area (Å²) in [5.41, 5.74) is -1.09. The standard InChI is InChI=1S/C11H19NO3/c1-5-11(4,9(14)15)12-8(13)7-6-10(7,2)3/h7H,5-6H2,1-4H3,(H,12,13)(H,14,15). The van der Waals surface area contributed by atoms with Crippen LogP contribution in [0.5, 0.6) is 0 Å². The first-order valence-electron chi connectivity index (χ1n) is 5.28. The van der Waals surface area contributed by atoms with Crippen LogP contribution in [0.15, 0.2) is 0 Å². The van der Waals surface area contributed by atoms with E-state index in [0.717, 1.165) is 6.42 Å². The first kappa shape index (κ1) is 12.0. The Balaban J connectivity index is 2.62. The van der Waals surface area contributed by atoms with Crippen molar-refractivity contribution in [1.82, 2.24) is 5.32 Å². The van der Waals surface area contributed by atoms with Crippen molar-refractivity contribution in [2.45, 2.75) is 46.1 Å². The Morgan fingerprint density at radius 2 is 2.00 bits per heavy atom. The van der Waals surface area contributed by atoms with E-state index in [0.29, 0.717) is 6.42 Å². The number of rotatable bonds is 4. The van der Waals surface area contributed by atoms with Gasteiger partial charge in [-0.15, -0.1) is 0 Å². The van der Waals surface area contributed by atoms with Crippen molar-refractivity contribution in [1.29, 1.82) is 0 Å². The average molecular weight is 213 g/mol. The molecule has 2 unspecified atom stereocenters. The van der Waals surface area contributed by atoms with Crippen LogP contribution in [0.2, 0.25) is 0 Å². The Kier molecular flexibility index (Phi) is 2.81. The molecule has 0 bridgehead atoms. The molecule has 1 fully saturated rings. The number of carboxylic acid groups (broad SMARTS) is 1.